The van der Waals surface area contributed by atoms with Gasteiger partial charge in [-0.2, -0.15) is 0 Å². The molecule has 1 atom stereocenters. The molecule has 1 aromatic carbocycles. The SMILES string of the molecule is C1=CCC2=C3C=C4C=CC=CC4N3C(c3ccc(-c4ccncc4)cc3)=NC2=C1. The lowest BCUT2D eigenvalue weighted by Crippen LogP contribution is -2.38. The molecular weight excluding hydrogens is 354 g/mol. The maximum Gasteiger partial charge on any atom is 0.141 e. The molecule has 6 rings (SSSR count). The van der Waals surface area contributed by atoms with Crippen molar-refractivity contribution >= 4 is 5.84 Å². The van der Waals surface area contributed by atoms with Crippen molar-refractivity contribution in [3.8, 4) is 11.1 Å². The van der Waals surface area contributed by atoms with Gasteiger partial charge in [0.1, 0.15) is 5.84 Å². The standard InChI is InChI=1S/C26H19N3/c1-4-8-24-21(5-1)17-25-22-6-2-3-7-23(22)28-26(29(24)25)20-11-9-18(10-12-20)19-13-15-27-16-14-19/h1-5,7-17,24H,6H2. The van der Waals surface area contributed by atoms with E-state index in [1.807, 2.05) is 24.5 Å². The summed E-state index contributed by atoms with van der Waals surface area (Å²) in [5.74, 6) is 1.02. The first-order valence-electron chi connectivity index (χ1n) is 9.94. The van der Waals surface area contributed by atoms with Crippen LogP contribution in [0.2, 0.25) is 0 Å². The number of allylic oxidation sites excluding steroid dienone is 7. The zero-order chi connectivity index (χ0) is 19.2. The molecule has 0 fully saturated rings. The highest BCUT2D eigenvalue weighted by Crippen LogP contribution is 2.41. The lowest BCUT2D eigenvalue weighted by molar-refractivity contribution is 0.510. The van der Waals surface area contributed by atoms with Crippen LogP contribution in [0.15, 0.2) is 125 Å². The Morgan fingerprint density at radius 2 is 1.66 bits per heavy atom. The van der Waals surface area contributed by atoms with Crippen LogP contribution >= 0.6 is 0 Å². The number of amidine groups is 1. The van der Waals surface area contributed by atoms with Crippen LogP contribution in [0.5, 0.6) is 0 Å². The maximum absolute atomic E-state index is 5.10. The summed E-state index contributed by atoms with van der Waals surface area (Å²) >= 11 is 0. The second-order valence-electron chi connectivity index (χ2n) is 7.50. The summed E-state index contributed by atoms with van der Waals surface area (Å²) in [6.45, 7) is 0. The number of pyridine rings is 1. The van der Waals surface area contributed by atoms with Crippen molar-refractivity contribution in [2.24, 2.45) is 4.99 Å². The number of hydrogen-bond acceptors (Lipinski definition) is 3. The summed E-state index contributed by atoms with van der Waals surface area (Å²) in [7, 11) is 0. The highest BCUT2D eigenvalue weighted by atomic mass is 15.3. The van der Waals surface area contributed by atoms with Gasteiger partial charge in [-0.3, -0.25) is 4.98 Å². The van der Waals surface area contributed by atoms with Crippen LogP contribution in [0, 0.1) is 0 Å². The summed E-state index contributed by atoms with van der Waals surface area (Å²) in [6, 6.07) is 13.0. The number of aromatic nitrogens is 1. The van der Waals surface area contributed by atoms with Gasteiger partial charge in [0.05, 0.1) is 11.7 Å². The van der Waals surface area contributed by atoms with Crippen LogP contribution in [0.1, 0.15) is 12.0 Å². The minimum absolute atomic E-state index is 0.216. The van der Waals surface area contributed by atoms with E-state index in [4.69, 9.17) is 4.99 Å². The predicted molar refractivity (Wildman–Crippen MR) is 117 cm³/mol. The molecule has 0 saturated heterocycles. The molecule has 138 valence electrons. The summed E-state index contributed by atoms with van der Waals surface area (Å²) in [5.41, 5.74) is 8.48. The fraction of sp³-hybridized carbons (Fsp3) is 0.0769. The molecule has 4 aliphatic rings. The molecule has 2 aliphatic heterocycles. The van der Waals surface area contributed by atoms with Crippen molar-refractivity contribution in [3.05, 3.63) is 126 Å². The van der Waals surface area contributed by atoms with Gasteiger partial charge < -0.3 is 4.90 Å². The number of rotatable bonds is 2. The molecule has 1 aromatic heterocycles. The van der Waals surface area contributed by atoms with Crippen molar-refractivity contribution in [2.45, 2.75) is 12.5 Å². The minimum Gasteiger partial charge on any atom is -0.314 e. The quantitative estimate of drug-likeness (QED) is 0.710. The summed E-state index contributed by atoms with van der Waals surface area (Å²) in [6.07, 6.45) is 22.1. The van der Waals surface area contributed by atoms with E-state index in [9.17, 15) is 0 Å². The lowest BCUT2D eigenvalue weighted by Gasteiger charge is -2.35. The zero-order valence-corrected chi connectivity index (χ0v) is 15.9. The van der Waals surface area contributed by atoms with E-state index in [1.165, 1.54) is 28.0 Å². The normalized spacial score (nSPS) is 21.3. The minimum atomic E-state index is 0.216. The Morgan fingerprint density at radius 1 is 0.862 bits per heavy atom. The molecule has 0 saturated carbocycles. The van der Waals surface area contributed by atoms with Crippen molar-refractivity contribution in [2.75, 3.05) is 0 Å². The molecule has 3 nitrogen and oxygen atoms in total. The first-order valence-corrected chi connectivity index (χ1v) is 9.94. The van der Waals surface area contributed by atoms with Gasteiger partial charge in [0.15, 0.2) is 0 Å². The predicted octanol–water partition coefficient (Wildman–Crippen LogP) is 5.34. The third-order valence-electron chi connectivity index (χ3n) is 5.82. The molecule has 1 unspecified atom stereocenters. The largest absolute Gasteiger partial charge is 0.314 e. The number of fused-ring (bicyclic) bond motifs is 4. The average molecular weight is 373 g/mol. The van der Waals surface area contributed by atoms with Gasteiger partial charge in [0.25, 0.3) is 0 Å². The van der Waals surface area contributed by atoms with E-state index in [-0.39, 0.29) is 6.04 Å². The Morgan fingerprint density at radius 3 is 2.52 bits per heavy atom. The van der Waals surface area contributed by atoms with Gasteiger partial charge in [-0.1, -0.05) is 60.7 Å². The highest BCUT2D eigenvalue weighted by molar-refractivity contribution is 6.03. The Hall–Kier alpha value is -3.72. The van der Waals surface area contributed by atoms with E-state index >= 15 is 0 Å². The first-order chi connectivity index (χ1) is 14.4. The fourth-order valence-corrected chi connectivity index (χ4v) is 4.39. The van der Waals surface area contributed by atoms with Crippen molar-refractivity contribution in [1.29, 1.82) is 0 Å². The van der Waals surface area contributed by atoms with Crippen LogP contribution < -0.4 is 0 Å². The molecule has 2 aromatic rings. The average Bonchev–Trinajstić information content (AvgIpc) is 3.19. The van der Waals surface area contributed by atoms with Crippen molar-refractivity contribution in [1.82, 2.24) is 9.88 Å². The summed E-state index contributed by atoms with van der Waals surface area (Å²) in [4.78, 5) is 11.6. The van der Waals surface area contributed by atoms with Crippen LogP contribution in [0.25, 0.3) is 11.1 Å². The van der Waals surface area contributed by atoms with Gasteiger partial charge in [-0.25, -0.2) is 4.99 Å². The zero-order valence-electron chi connectivity index (χ0n) is 15.9. The topological polar surface area (TPSA) is 28.5 Å². The van der Waals surface area contributed by atoms with E-state index < -0.39 is 0 Å². The van der Waals surface area contributed by atoms with Gasteiger partial charge >= 0.3 is 0 Å². The van der Waals surface area contributed by atoms with Crippen LogP contribution in [0.3, 0.4) is 0 Å². The highest BCUT2D eigenvalue weighted by Gasteiger charge is 2.37. The number of aliphatic imine (C=N–C) groups is 1. The van der Waals surface area contributed by atoms with Gasteiger partial charge in [0.2, 0.25) is 0 Å². The number of nitrogens with zero attached hydrogens (tertiary/aromatic N) is 3. The molecule has 0 amide bonds. The first kappa shape index (κ1) is 16.3. The van der Waals surface area contributed by atoms with Crippen LogP contribution in [-0.2, 0) is 0 Å². The lowest BCUT2D eigenvalue weighted by atomic mass is 9.98. The third-order valence-corrected chi connectivity index (χ3v) is 5.82. The van der Waals surface area contributed by atoms with E-state index in [2.05, 4.69) is 82.8 Å². The van der Waals surface area contributed by atoms with E-state index in [1.54, 1.807) is 0 Å². The molecule has 2 aliphatic carbocycles. The Labute approximate surface area is 170 Å². The Balaban J connectivity index is 1.45. The fourth-order valence-electron chi connectivity index (χ4n) is 4.39. The molecule has 0 bridgehead atoms. The van der Waals surface area contributed by atoms with Gasteiger partial charge in [-0.15, -0.1) is 0 Å². The Bertz CT molecular complexity index is 1200. The van der Waals surface area contributed by atoms with Crippen molar-refractivity contribution in [3.63, 3.8) is 0 Å². The summed E-state index contributed by atoms with van der Waals surface area (Å²) in [5, 5.41) is 0. The smallest absolute Gasteiger partial charge is 0.141 e. The molecule has 3 heteroatoms. The van der Waals surface area contributed by atoms with E-state index in [0.717, 1.165) is 23.5 Å². The van der Waals surface area contributed by atoms with Crippen LogP contribution in [-0.4, -0.2) is 21.8 Å². The molecule has 29 heavy (non-hydrogen) atoms. The van der Waals surface area contributed by atoms with Gasteiger partial charge in [-0.05, 0) is 47.4 Å². The number of hydrogen-bond donors (Lipinski definition) is 0. The second-order valence-corrected chi connectivity index (χ2v) is 7.50. The monoisotopic (exact) mass is 373 g/mol. The number of benzene rings is 1. The molecule has 3 heterocycles. The second kappa shape index (κ2) is 6.42. The van der Waals surface area contributed by atoms with Gasteiger partial charge in [0, 0.05) is 29.2 Å². The molecule has 0 radical (unpaired) electrons. The molecular formula is C26H19N3. The maximum atomic E-state index is 5.10. The van der Waals surface area contributed by atoms with Crippen molar-refractivity contribution < 1.29 is 0 Å². The Kier molecular flexibility index (Phi) is 3.60. The molecule has 0 spiro atoms. The van der Waals surface area contributed by atoms with E-state index in [0.29, 0.717) is 0 Å². The van der Waals surface area contributed by atoms with Crippen LogP contribution in [0.4, 0.5) is 0 Å². The third kappa shape index (κ3) is 2.59. The molecule has 0 N–H and O–H groups in total. The summed E-state index contributed by atoms with van der Waals surface area (Å²) < 4.78 is 0.